The molecule has 32 heavy (non-hydrogen) atoms. The lowest BCUT2D eigenvalue weighted by Crippen LogP contribution is -2.36. The van der Waals surface area contributed by atoms with Crippen LogP contribution in [0.1, 0.15) is 30.9 Å². The number of nitrogens with one attached hydrogen (secondary N) is 2. The summed E-state index contributed by atoms with van der Waals surface area (Å²) < 4.78 is 10.8. The molecule has 0 unspecified atom stereocenters. The average molecular weight is 441 g/mol. The SMILES string of the molecule is CCNC(=NCc1ccc(N2CCC(CO)CC2)cc1)NCc1ccc(OC)cc1OC. The summed E-state index contributed by atoms with van der Waals surface area (Å²) in [6.45, 7) is 6.36. The molecule has 0 spiro atoms. The molecule has 1 heterocycles. The van der Waals surface area contributed by atoms with Gasteiger partial charge in [-0.1, -0.05) is 12.1 Å². The first-order valence-corrected chi connectivity index (χ1v) is 11.3. The number of guanidine groups is 1. The molecule has 0 aromatic heterocycles. The Kier molecular flexibility index (Phi) is 9.04. The fraction of sp³-hybridized carbons (Fsp3) is 0.480. The van der Waals surface area contributed by atoms with Crippen molar-refractivity contribution >= 4 is 11.6 Å². The number of aliphatic hydroxyl groups is 1. The first-order chi connectivity index (χ1) is 15.7. The van der Waals surface area contributed by atoms with Crippen molar-refractivity contribution in [3.63, 3.8) is 0 Å². The third kappa shape index (κ3) is 6.53. The molecule has 0 atom stereocenters. The molecular formula is C25H36N4O3. The van der Waals surface area contributed by atoms with E-state index in [9.17, 15) is 5.11 Å². The van der Waals surface area contributed by atoms with Crippen LogP contribution in [0.25, 0.3) is 0 Å². The van der Waals surface area contributed by atoms with Crippen molar-refractivity contribution in [2.24, 2.45) is 10.9 Å². The first-order valence-electron chi connectivity index (χ1n) is 11.3. The Morgan fingerprint density at radius 3 is 2.44 bits per heavy atom. The van der Waals surface area contributed by atoms with E-state index in [2.05, 4.69) is 46.7 Å². The zero-order valence-electron chi connectivity index (χ0n) is 19.4. The minimum Gasteiger partial charge on any atom is -0.497 e. The highest BCUT2D eigenvalue weighted by atomic mass is 16.5. The molecule has 3 rings (SSSR count). The number of aliphatic hydroxyl groups excluding tert-OH is 1. The van der Waals surface area contributed by atoms with Crippen molar-refractivity contribution in [1.82, 2.24) is 10.6 Å². The number of hydrogen-bond acceptors (Lipinski definition) is 5. The Hall–Kier alpha value is -2.93. The monoisotopic (exact) mass is 440 g/mol. The van der Waals surface area contributed by atoms with Crippen molar-refractivity contribution in [2.75, 3.05) is 45.4 Å². The molecule has 7 nitrogen and oxygen atoms in total. The molecule has 0 amide bonds. The van der Waals surface area contributed by atoms with Crippen LogP contribution < -0.4 is 25.0 Å². The van der Waals surface area contributed by atoms with Crippen LogP contribution in [0, 0.1) is 5.92 Å². The molecule has 2 aromatic rings. The van der Waals surface area contributed by atoms with Crippen molar-refractivity contribution in [3.05, 3.63) is 53.6 Å². The lowest BCUT2D eigenvalue weighted by atomic mass is 9.97. The topological polar surface area (TPSA) is 78.4 Å². The molecule has 3 N–H and O–H groups in total. The summed E-state index contributed by atoms with van der Waals surface area (Å²) in [5.41, 5.74) is 3.44. The van der Waals surface area contributed by atoms with Gasteiger partial charge in [0.15, 0.2) is 5.96 Å². The molecular weight excluding hydrogens is 404 g/mol. The molecule has 2 aromatic carbocycles. The predicted octanol–water partition coefficient (Wildman–Crippen LogP) is 3.17. The molecule has 7 heteroatoms. The van der Waals surface area contributed by atoms with Crippen LogP contribution in [0.2, 0.25) is 0 Å². The Labute approximate surface area is 191 Å². The number of nitrogens with zero attached hydrogens (tertiary/aromatic N) is 2. The van der Waals surface area contributed by atoms with E-state index in [0.29, 0.717) is 25.6 Å². The van der Waals surface area contributed by atoms with Crippen molar-refractivity contribution < 1.29 is 14.6 Å². The average Bonchev–Trinajstić information content (AvgIpc) is 2.86. The molecule has 1 fully saturated rings. The maximum absolute atomic E-state index is 9.32. The minimum absolute atomic E-state index is 0.304. The first kappa shape index (κ1) is 23.7. The van der Waals surface area contributed by atoms with Crippen LogP contribution in [0.4, 0.5) is 5.69 Å². The zero-order valence-corrected chi connectivity index (χ0v) is 19.4. The van der Waals surface area contributed by atoms with Gasteiger partial charge in [0, 0.05) is 50.1 Å². The Morgan fingerprint density at radius 2 is 1.81 bits per heavy atom. The van der Waals surface area contributed by atoms with Gasteiger partial charge in [0.05, 0.1) is 20.8 Å². The van der Waals surface area contributed by atoms with Crippen molar-refractivity contribution in [3.8, 4) is 11.5 Å². The number of benzene rings is 2. The molecule has 0 saturated carbocycles. The summed E-state index contributed by atoms with van der Waals surface area (Å²) in [6.07, 6.45) is 2.11. The van der Waals surface area contributed by atoms with Gasteiger partial charge < -0.3 is 30.1 Å². The predicted molar refractivity (Wildman–Crippen MR) is 130 cm³/mol. The highest BCUT2D eigenvalue weighted by Gasteiger charge is 2.18. The highest BCUT2D eigenvalue weighted by molar-refractivity contribution is 5.79. The van der Waals surface area contributed by atoms with Gasteiger partial charge in [-0.3, -0.25) is 0 Å². The van der Waals surface area contributed by atoms with Crippen molar-refractivity contribution in [2.45, 2.75) is 32.9 Å². The van der Waals surface area contributed by atoms with Gasteiger partial charge in [0.25, 0.3) is 0 Å². The number of piperidine rings is 1. The van der Waals surface area contributed by atoms with E-state index in [1.54, 1.807) is 14.2 Å². The fourth-order valence-electron chi connectivity index (χ4n) is 3.87. The van der Waals surface area contributed by atoms with Crippen LogP contribution in [0.15, 0.2) is 47.5 Å². The second kappa shape index (κ2) is 12.2. The Morgan fingerprint density at radius 1 is 1.06 bits per heavy atom. The minimum atomic E-state index is 0.304. The number of rotatable bonds is 9. The molecule has 1 saturated heterocycles. The smallest absolute Gasteiger partial charge is 0.191 e. The van der Waals surface area contributed by atoms with E-state index < -0.39 is 0 Å². The second-order valence-electron chi connectivity index (χ2n) is 8.01. The quantitative estimate of drug-likeness (QED) is 0.411. The van der Waals surface area contributed by atoms with Gasteiger partial charge in [0.2, 0.25) is 0 Å². The van der Waals surface area contributed by atoms with E-state index in [1.807, 2.05) is 18.2 Å². The summed E-state index contributed by atoms with van der Waals surface area (Å²) in [5, 5.41) is 16.0. The second-order valence-corrected chi connectivity index (χ2v) is 8.01. The van der Waals surface area contributed by atoms with Gasteiger partial charge in [-0.2, -0.15) is 0 Å². The molecule has 1 aliphatic rings. The lowest BCUT2D eigenvalue weighted by molar-refractivity contribution is 0.203. The summed E-state index contributed by atoms with van der Waals surface area (Å²) in [6, 6.07) is 14.4. The zero-order chi connectivity index (χ0) is 22.8. The van der Waals surface area contributed by atoms with Crippen LogP contribution in [0.5, 0.6) is 11.5 Å². The van der Waals surface area contributed by atoms with E-state index in [1.165, 1.54) is 11.3 Å². The van der Waals surface area contributed by atoms with E-state index in [4.69, 9.17) is 14.5 Å². The molecule has 0 radical (unpaired) electrons. The Balaban J connectivity index is 1.58. The van der Waals surface area contributed by atoms with Gasteiger partial charge in [-0.25, -0.2) is 4.99 Å². The van der Waals surface area contributed by atoms with Crippen molar-refractivity contribution in [1.29, 1.82) is 0 Å². The number of aliphatic imine (C=N–C) groups is 1. The van der Waals surface area contributed by atoms with Gasteiger partial charge in [-0.05, 0) is 55.5 Å². The molecule has 0 aliphatic carbocycles. The summed E-state index contributed by atoms with van der Waals surface area (Å²) in [4.78, 5) is 7.13. The third-order valence-corrected chi connectivity index (χ3v) is 5.88. The normalized spacial score (nSPS) is 14.9. The van der Waals surface area contributed by atoms with Gasteiger partial charge >= 0.3 is 0 Å². The van der Waals surface area contributed by atoms with E-state index in [-0.39, 0.29) is 0 Å². The lowest BCUT2D eigenvalue weighted by Gasteiger charge is -2.32. The Bertz CT molecular complexity index is 862. The summed E-state index contributed by atoms with van der Waals surface area (Å²) in [7, 11) is 3.31. The van der Waals surface area contributed by atoms with Crippen LogP contribution in [0.3, 0.4) is 0 Å². The van der Waals surface area contributed by atoms with Gasteiger partial charge in [-0.15, -0.1) is 0 Å². The third-order valence-electron chi connectivity index (χ3n) is 5.88. The molecule has 1 aliphatic heterocycles. The fourth-order valence-corrected chi connectivity index (χ4v) is 3.87. The van der Waals surface area contributed by atoms with E-state index >= 15 is 0 Å². The highest BCUT2D eigenvalue weighted by Crippen LogP contribution is 2.25. The number of hydrogen-bond donors (Lipinski definition) is 3. The number of ether oxygens (including phenoxy) is 2. The van der Waals surface area contributed by atoms with Gasteiger partial charge in [0.1, 0.15) is 11.5 Å². The number of anilines is 1. The summed E-state index contributed by atoms with van der Waals surface area (Å²) >= 11 is 0. The van der Waals surface area contributed by atoms with E-state index in [0.717, 1.165) is 55.5 Å². The maximum Gasteiger partial charge on any atom is 0.191 e. The molecule has 0 bridgehead atoms. The molecule has 174 valence electrons. The van der Waals surface area contributed by atoms with Crippen LogP contribution in [-0.4, -0.2) is 51.5 Å². The largest absolute Gasteiger partial charge is 0.497 e. The summed E-state index contributed by atoms with van der Waals surface area (Å²) in [5.74, 6) is 2.77. The van der Waals surface area contributed by atoms with Crippen LogP contribution in [-0.2, 0) is 13.1 Å². The number of methoxy groups -OCH3 is 2. The standard InChI is InChI=1S/C25H36N4O3/c1-4-26-25(28-17-21-7-10-23(31-2)15-24(21)32-3)27-16-19-5-8-22(9-6-19)29-13-11-20(18-30)12-14-29/h5-10,15,20,30H,4,11-14,16-18H2,1-3H3,(H2,26,27,28). The van der Waals surface area contributed by atoms with Crippen LogP contribution >= 0.6 is 0 Å². The maximum atomic E-state index is 9.32.